The van der Waals surface area contributed by atoms with Crippen LogP contribution in [0, 0.1) is 17.8 Å². The van der Waals surface area contributed by atoms with Crippen LogP contribution in [0.25, 0.3) is 0 Å². The van der Waals surface area contributed by atoms with E-state index in [2.05, 4.69) is 11.8 Å². The first kappa shape index (κ1) is 11.1. The molecule has 1 unspecified atom stereocenters. The average molecular weight is 194 g/mol. The van der Waals surface area contributed by atoms with E-state index in [1.165, 1.54) is 6.42 Å². The first-order valence-electron chi connectivity index (χ1n) is 5.37. The highest BCUT2D eigenvalue weighted by Crippen LogP contribution is 2.24. The van der Waals surface area contributed by atoms with Gasteiger partial charge >= 0.3 is 5.97 Å². The average Bonchev–Trinajstić information content (AvgIpc) is 2.19. The molecule has 0 saturated heterocycles. The number of esters is 1. The van der Waals surface area contributed by atoms with Crippen LogP contribution in [0.5, 0.6) is 0 Å². The van der Waals surface area contributed by atoms with Gasteiger partial charge in [0.25, 0.3) is 0 Å². The van der Waals surface area contributed by atoms with Crippen LogP contribution in [-0.2, 0) is 9.53 Å². The molecule has 0 aromatic carbocycles. The number of hydrogen-bond acceptors (Lipinski definition) is 2. The molecule has 0 radical (unpaired) electrons. The van der Waals surface area contributed by atoms with E-state index in [0.717, 1.165) is 25.7 Å². The Morgan fingerprint density at radius 1 is 1.36 bits per heavy atom. The molecule has 1 rings (SSSR count). The smallest absolute Gasteiger partial charge is 0.310 e. The molecule has 1 aliphatic carbocycles. The molecule has 14 heavy (non-hydrogen) atoms. The highest BCUT2D eigenvalue weighted by atomic mass is 16.5. The second kappa shape index (κ2) is 5.70. The Morgan fingerprint density at radius 2 is 2.00 bits per heavy atom. The summed E-state index contributed by atoms with van der Waals surface area (Å²) in [5.74, 6) is 5.64. The summed E-state index contributed by atoms with van der Waals surface area (Å²) in [6.07, 6.45) is 5.31. The zero-order valence-corrected chi connectivity index (χ0v) is 9.01. The molecule has 1 atom stereocenters. The van der Waals surface area contributed by atoms with Crippen molar-refractivity contribution in [3.63, 3.8) is 0 Å². The first-order chi connectivity index (χ1) is 6.74. The monoisotopic (exact) mass is 194 g/mol. The SMILES string of the molecule is CC#CC(C)OC(=O)C1CCCCC1. The maximum Gasteiger partial charge on any atom is 0.310 e. The van der Waals surface area contributed by atoms with Crippen LogP contribution in [0.15, 0.2) is 0 Å². The lowest BCUT2D eigenvalue weighted by Crippen LogP contribution is -2.23. The number of ether oxygens (including phenoxy) is 1. The van der Waals surface area contributed by atoms with Crippen molar-refractivity contribution in [3.05, 3.63) is 0 Å². The Balaban J connectivity index is 2.35. The molecular formula is C12H18O2. The summed E-state index contributed by atoms with van der Waals surface area (Å²) in [5, 5.41) is 0. The fraction of sp³-hybridized carbons (Fsp3) is 0.750. The summed E-state index contributed by atoms with van der Waals surface area (Å²) in [4.78, 5) is 11.6. The number of rotatable bonds is 2. The molecule has 0 aromatic heterocycles. The van der Waals surface area contributed by atoms with Crippen molar-refractivity contribution in [3.8, 4) is 11.8 Å². The van der Waals surface area contributed by atoms with Crippen molar-refractivity contribution in [1.29, 1.82) is 0 Å². The summed E-state index contributed by atoms with van der Waals surface area (Å²) < 4.78 is 5.22. The Bertz CT molecular complexity index is 241. The number of carbonyl (C=O) groups is 1. The van der Waals surface area contributed by atoms with Crippen LogP contribution in [0.2, 0.25) is 0 Å². The van der Waals surface area contributed by atoms with E-state index in [4.69, 9.17) is 4.74 Å². The third-order valence-corrected chi connectivity index (χ3v) is 2.58. The van der Waals surface area contributed by atoms with Crippen molar-refractivity contribution in [2.75, 3.05) is 0 Å². The molecule has 2 nitrogen and oxygen atoms in total. The lowest BCUT2D eigenvalue weighted by atomic mass is 9.89. The van der Waals surface area contributed by atoms with E-state index >= 15 is 0 Å². The normalized spacial score (nSPS) is 19.3. The van der Waals surface area contributed by atoms with Crippen LogP contribution < -0.4 is 0 Å². The fourth-order valence-electron chi connectivity index (χ4n) is 1.84. The molecule has 2 heteroatoms. The summed E-state index contributed by atoms with van der Waals surface area (Å²) in [6, 6.07) is 0. The summed E-state index contributed by atoms with van der Waals surface area (Å²) >= 11 is 0. The number of carbonyl (C=O) groups excluding carboxylic acids is 1. The maximum absolute atomic E-state index is 11.6. The van der Waals surface area contributed by atoms with Gasteiger partial charge in [0, 0.05) is 0 Å². The standard InChI is InChI=1S/C12H18O2/c1-3-7-10(2)14-12(13)11-8-5-4-6-9-11/h10-11H,4-6,8-9H2,1-2H3. The van der Waals surface area contributed by atoms with Crippen molar-refractivity contribution in [1.82, 2.24) is 0 Å². The van der Waals surface area contributed by atoms with Gasteiger partial charge in [0.15, 0.2) is 6.10 Å². The van der Waals surface area contributed by atoms with Crippen molar-refractivity contribution in [2.24, 2.45) is 5.92 Å². The Labute approximate surface area is 86.0 Å². The molecule has 1 saturated carbocycles. The molecule has 0 aromatic rings. The van der Waals surface area contributed by atoms with Crippen molar-refractivity contribution < 1.29 is 9.53 Å². The molecule has 0 bridgehead atoms. The zero-order valence-electron chi connectivity index (χ0n) is 9.01. The van der Waals surface area contributed by atoms with Gasteiger partial charge in [-0.1, -0.05) is 25.2 Å². The highest BCUT2D eigenvalue weighted by Gasteiger charge is 2.23. The minimum absolute atomic E-state index is 0.0556. The van der Waals surface area contributed by atoms with Crippen LogP contribution >= 0.6 is 0 Å². The largest absolute Gasteiger partial charge is 0.449 e. The van der Waals surface area contributed by atoms with Gasteiger partial charge in [-0.2, -0.15) is 0 Å². The van der Waals surface area contributed by atoms with E-state index in [1.807, 2.05) is 6.92 Å². The van der Waals surface area contributed by atoms with E-state index in [0.29, 0.717) is 0 Å². The van der Waals surface area contributed by atoms with Crippen LogP contribution in [0.1, 0.15) is 46.0 Å². The Morgan fingerprint density at radius 3 is 2.57 bits per heavy atom. The Hall–Kier alpha value is -0.970. The van der Waals surface area contributed by atoms with Crippen molar-refractivity contribution >= 4 is 5.97 Å². The number of hydrogen-bond donors (Lipinski definition) is 0. The first-order valence-corrected chi connectivity index (χ1v) is 5.37. The van der Waals surface area contributed by atoms with E-state index < -0.39 is 0 Å². The molecule has 1 aliphatic rings. The van der Waals surface area contributed by atoms with Crippen molar-refractivity contribution in [2.45, 2.75) is 52.1 Å². The fourth-order valence-corrected chi connectivity index (χ4v) is 1.84. The lowest BCUT2D eigenvalue weighted by Gasteiger charge is -2.20. The Kier molecular flexibility index (Phi) is 4.52. The van der Waals surface area contributed by atoms with Gasteiger partial charge in [-0.25, -0.2) is 0 Å². The quantitative estimate of drug-likeness (QED) is 0.498. The maximum atomic E-state index is 11.6. The molecule has 0 aliphatic heterocycles. The highest BCUT2D eigenvalue weighted by molar-refractivity contribution is 5.72. The summed E-state index contributed by atoms with van der Waals surface area (Å²) in [7, 11) is 0. The third-order valence-electron chi connectivity index (χ3n) is 2.58. The van der Waals surface area contributed by atoms with Gasteiger partial charge in [-0.05, 0) is 26.7 Å². The molecule has 0 N–H and O–H groups in total. The van der Waals surface area contributed by atoms with Gasteiger partial charge < -0.3 is 4.74 Å². The zero-order chi connectivity index (χ0) is 10.4. The van der Waals surface area contributed by atoms with E-state index in [1.54, 1.807) is 6.92 Å². The van der Waals surface area contributed by atoms with Crippen LogP contribution in [0.4, 0.5) is 0 Å². The molecule has 0 heterocycles. The van der Waals surface area contributed by atoms with Gasteiger partial charge in [-0.3, -0.25) is 4.79 Å². The van der Waals surface area contributed by atoms with Crippen LogP contribution in [-0.4, -0.2) is 12.1 Å². The summed E-state index contributed by atoms with van der Waals surface area (Å²) in [5.41, 5.74) is 0. The lowest BCUT2D eigenvalue weighted by molar-refractivity contribution is -0.151. The molecule has 78 valence electrons. The predicted molar refractivity (Wildman–Crippen MR) is 55.6 cm³/mol. The minimum Gasteiger partial charge on any atom is -0.449 e. The van der Waals surface area contributed by atoms with Gasteiger partial charge in [0.05, 0.1) is 5.92 Å². The second-order valence-corrected chi connectivity index (χ2v) is 3.81. The topological polar surface area (TPSA) is 26.3 Å². The molecule has 0 spiro atoms. The predicted octanol–water partition coefficient (Wildman–Crippen LogP) is 2.52. The molecule has 0 amide bonds. The minimum atomic E-state index is -0.255. The van der Waals surface area contributed by atoms with Gasteiger partial charge in [0.2, 0.25) is 0 Å². The molecule has 1 fully saturated rings. The van der Waals surface area contributed by atoms with Crippen LogP contribution in [0.3, 0.4) is 0 Å². The van der Waals surface area contributed by atoms with E-state index in [9.17, 15) is 4.79 Å². The molecular weight excluding hydrogens is 176 g/mol. The third kappa shape index (κ3) is 3.41. The van der Waals surface area contributed by atoms with Gasteiger partial charge in [0.1, 0.15) is 0 Å². The second-order valence-electron chi connectivity index (χ2n) is 3.81. The summed E-state index contributed by atoms with van der Waals surface area (Å²) in [6.45, 7) is 3.57. The van der Waals surface area contributed by atoms with Gasteiger partial charge in [-0.15, -0.1) is 5.92 Å². The van der Waals surface area contributed by atoms with E-state index in [-0.39, 0.29) is 18.0 Å².